The molecule has 2 N–H and O–H groups in total. The second kappa shape index (κ2) is 10.3. The van der Waals surface area contributed by atoms with Crippen LogP contribution < -0.4 is 5.32 Å². The van der Waals surface area contributed by atoms with Crippen LogP contribution in [0.15, 0.2) is 18.2 Å². The largest absolute Gasteiger partial charge is 0.481 e. The molecule has 0 atom stereocenters. The van der Waals surface area contributed by atoms with E-state index in [2.05, 4.69) is 5.32 Å². The van der Waals surface area contributed by atoms with Crippen LogP contribution in [0.5, 0.6) is 0 Å². The number of carboxylic acids is 1. The van der Waals surface area contributed by atoms with E-state index in [9.17, 15) is 19.2 Å². The number of hydrogen-bond acceptors (Lipinski definition) is 4. The van der Waals surface area contributed by atoms with Crippen molar-refractivity contribution in [1.82, 2.24) is 5.32 Å². The highest BCUT2D eigenvalue weighted by molar-refractivity contribution is 5.97. The van der Waals surface area contributed by atoms with Gasteiger partial charge in [0.15, 0.2) is 0 Å². The van der Waals surface area contributed by atoms with Crippen LogP contribution in [-0.2, 0) is 4.79 Å². The number of carbonyl (C=O) groups excluding carboxylic acids is 3. The van der Waals surface area contributed by atoms with Crippen LogP contribution in [0.3, 0.4) is 0 Å². The fourth-order valence-electron chi connectivity index (χ4n) is 2.18. The van der Waals surface area contributed by atoms with Gasteiger partial charge in [-0.15, -0.1) is 0 Å². The van der Waals surface area contributed by atoms with Gasteiger partial charge in [-0.25, -0.2) is 0 Å². The van der Waals surface area contributed by atoms with Gasteiger partial charge in [0.2, 0.25) is 0 Å². The number of nitrogens with one attached hydrogen (secondary N) is 1. The molecule has 6 heteroatoms. The first-order chi connectivity index (χ1) is 11.1. The average Bonchev–Trinajstić information content (AvgIpc) is 2.56. The Morgan fingerprint density at radius 2 is 1.48 bits per heavy atom. The Balaban J connectivity index is 2.30. The molecule has 124 valence electrons. The normalized spacial score (nSPS) is 10.1. The van der Waals surface area contributed by atoms with Gasteiger partial charge in [-0.2, -0.15) is 0 Å². The molecule has 0 unspecified atom stereocenters. The number of unbranched alkanes of at least 4 members (excludes halogenated alkanes) is 4. The van der Waals surface area contributed by atoms with Gasteiger partial charge in [0.25, 0.3) is 5.91 Å². The summed E-state index contributed by atoms with van der Waals surface area (Å²) in [7, 11) is 0. The zero-order valence-electron chi connectivity index (χ0n) is 12.9. The molecule has 0 saturated carbocycles. The van der Waals surface area contributed by atoms with E-state index in [-0.39, 0.29) is 29.0 Å². The Kier molecular flexibility index (Phi) is 8.28. The van der Waals surface area contributed by atoms with E-state index in [1.54, 1.807) is 0 Å². The maximum absolute atomic E-state index is 12.0. The number of aldehydes is 2. The van der Waals surface area contributed by atoms with Crippen molar-refractivity contribution in [1.29, 1.82) is 0 Å². The molecule has 0 aromatic heterocycles. The van der Waals surface area contributed by atoms with Crippen molar-refractivity contribution in [3.05, 3.63) is 34.9 Å². The Labute approximate surface area is 134 Å². The molecule has 0 spiro atoms. The minimum absolute atomic E-state index is 0.197. The van der Waals surface area contributed by atoms with Crippen LogP contribution >= 0.6 is 0 Å². The predicted molar refractivity (Wildman–Crippen MR) is 84.9 cm³/mol. The molecule has 1 amide bonds. The maximum Gasteiger partial charge on any atom is 0.303 e. The number of rotatable bonds is 11. The minimum atomic E-state index is -0.774. The Hall–Kier alpha value is -2.50. The lowest BCUT2D eigenvalue weighted by atomic mass is 10.1. The van der Waals surface area contributed by atoms with Crippen molar-refractivity contribution in [2.24, 2.45) is 0 Å². The van der Waals surface area contributed by atoms with Crippen molar-refractivity contribution in [2.75, 3.05) is 6.54 Å². The zero-order chi connectivity index (χ0) is 17.1. The van der Waals surface area contributed by atoms with E-state index in [0.29, 0.717) is 25.5 Å². The summed E-state index contributed by atoms with van der Waals surface area (Å²) in [5.74, 6) is -1.09. The molecule has 23 heavy (non-hydrogen) atoms. The average molecular weight is 319 g/mol. The summed E-state index contributed by atoms with van der Waals surface area (Å²) in [6, 6.07) is 4.32. The number of benzene rings is 1. The highest BCUT2D eigenvalue weighted by Gasteiger charge is 2.08. The van der Waals surface area contributed by atoms with Crippen LogP contribution in [0, 0.1) is 0 Å². The topological polar surface area (TPSA) is 101 Å². The third kappa shape index (κ3) is 7.35. The summed E-state index contributed by atoms with van der Waals surface area (Å²) in [6.45, 7) is 0.500. The Morgan fingerprint density at radius 3 is 2.04 bits per heavy atom. The van der Waals surface area contributed by atoms with Gasteiger partial charge in [-0.05, 0) is 31.0 Å². The van der Waals surface area contributed by atoms with Crippen LogP contribution in [0.4, 0.5) is 0 Å². The first-order valence-corrected chi connectivity index (χ1v) is 7.62. The van der Waals surface area contributed by atoms with E-state index in [1.807, 2.05) is 0 Å². The smallest absolute Gasteiger partial charge is 0.303 e. The van der Waals surface area contributed by atoms with Gasteiger partial charge < -0.3 is 10.4 Å². The van der Waals surface area contributed by atoms with E-state index in [1.165, 1.54) is 18.2 Å². The molecule has 0 bridgehead atoms. The zero-order valence-corrected chi connectivity index (χ0v) is 12.9. The Morgan fingerprint density at radius 1 is 0.913 bits per heavy atom. The van der Waals surface area contributed by atoms with E-state index < -0.39 is 5.97 Å². The van der Waals surface area contributed by atoms with Gasteiger partial charge >= 0.3 is 5.97 Å². The van der Waals surface area contributed by atoms with Gasteiger partial charge in [0.05, 0.1) is 0 Å². The molecule has 1 rings (SSSR count). The summed E-state index contributed by atoms with van der Waals surface area (Å²) < 4.78 is 0. The molecule has 0 heterocycles. The highest BCUT2D eigenvalue weighted by Crippen LogP contribution is 2.08. The second-order valence-corrected chi connectivity index (χ2v) is 5.29. The molecule has 0 aliphatic carbocycles. The molecule has 1 aromatic carbocycles. The van der Waals surface area contributed by atoms with Crippen LogP contribution in [0.25, 0.3) is 0 Å². The van der Waals surface area contributed by atoms with Crippen molar-refractivity contribution >= 4 is 24.4 Å². The first kappa shape index (κ1) is 18.5. The quantitative estimate of drug-likeness (QED) is 0.482. The number of carbonyl (C=O) groups is 4. The summed E-state index contributed by atoms with van der Waals surface area (Å²) >= 11 is 0. The van der Waals surface area contributed by atoms with Crippen LogP contribution in [0.1, 0.15) is 69.6 Å². The predicted octanol–water partition coefficient (Wildman–Crippen LogP) is 2.47. The number of carboxylic acid groups (broad SMARTS) is 1. The van der Waals surface area contributed by atoms with Crippen molar-refractivity contribution in [2.45, 2.75) is 38.5 Å². The SMILES string of the molecule is O=Cc1cc(C=O)cc(C(=O)NCCCCCCCC(=O)O)c1. The second-order valence-electron chi connectivity index (χ2n) is 5.29. The summed E-state index contributed by atoms with van der Waals surface area (Å²) in [5.41, 5.74) is 0.870. The summed E-state index contributed by atoms with van der Waals surface area (Å²) in [6.07, 6.45) is 5.57. The molecule has 1 aromatic rings. The lowest BCUT2D eigenvalue weighted by Gasteiger charge is -2.06. The molecular weight excluding hydrogens is 298 g/mol. The number of amides is 1. The van der Waals surface area contributed by atoms with Gasteiger partial charge in [-0.3, -0.25) is 19.2 Å². The maximum atomic E-state index is 12.0. The van der Waals surface area contributed by atoms with Crippen molar-refractivity contribution < 1.29 is 24.3 Å². The third-order valence-corrected chi connectivity index (χ3v) is 3.37. The summed E-state index contributed by atoms with van der Waals surface area (Å²) in [4.78, 5) is 43.9. The highest BCUT2D eigenvalue weighted by atomic mass is 16.4. The molecule has 0 radical (unpaired) electrons. The number of aliphatic carboxylic acids is 1. The number of hydrogen-bond donors (Lipinski definition) is 2. The molecular formula is C17H21NO5. The Bertz CT molecular complexity index is 542. The minimum Gasteiger partial charge on any atom is -0.481 e. The molecule has 6 nitrogen and oxygen atoms in total. The molecule has 0 aliphatic heterocycles. The van der Waals surface area contributed by atoms with E-state index in [4.69, 9.17) is 5.11 Å². The van der Waals surface area contributed by atoms with Gasteiger partial charge in [0.1, 0.15) is 12.6 Å². The standard InChI is InChI=1S/C17H21NO5/c19-11-13-8-14(12-20)10-15(9-13)17(23)18-7-5-3-1-2-4-6-16(21)22/h8-12H,1-7H2,(H,18,23)(H,21,22). The van der Waals surface area contributed by atoms with Crippen LogP contribution in [0.2, 0.25) is 0 Å². The first-order valence-electron chi connectivity index (χ1n) is 7.62. The fourth-order valence-corrected chi connectivity index (χ4v) is 2.18. The van der Waals surface area contributed by atoms with Crippen LogP contribution in [-0.4, -0.2) is 36.1 Å². The lowest BCUT2D eigenvalue weighted by molar-refractivity contribution is -0.137. The van der Waals surface area contributed by atoms with Gasteiger partial charge in [-0.1, -0.05) is 19.3 Å². The van der Waals surface area contributed by atoms with E-state index in [0.717, 1.165) is 25.7 Å². The monoisotopic (exact) mass is 319 g/mol. The lowest BCUT2D eigenvalue weighted by Crippen LogP contribution is -2.24. The fraction of sp³-hybridized carbons (Fsp3) is 0.412. The van der Waals surface area contributed by atoms with Crippen molar-refractivity contribution in [3.8, 4) is 0 Å². The van der Waals surface area contributed by atoms with Crippen molar-refractivity contribution in [3.63, 3.8) is 0 Å². The summed E-state index contributed by atoms with van der Waals surface area (Å²) in [5, 5.41) is 11.3. The third-order valence-electron chi connectivity index (χ3n) is 3.37. The molecule has 0 saturated heterocycles. The van der Waals surface area contributed by atoms with Gasteiger partial charge in [0, 0.05) is 29.7 Å². The molecule has 0 fully saturated rings. The van der Waals surface area contributed by atoms with E-state index >= 15 is 0 Å². The molecule has 0 aliphatic rings.